The first-order valence-corrected chi connectivity index (χ1v) is 6.75. The van der Waals surface area contributed by atoms with E-state index in [9.17, 15) is 0 Å². The van der Waals surface area contributed by atoms with Crippen LogP contribution in [0.2, 0.25) is 0 Å². The van der Waals surface area contributed by atoms with Crippen molar-refractivity contribution < 1.29 is 4.74 Å². The van der Waals surface area contributed by atoms with Crippen LogP contribution in [0.1, 0.15) is 17.5 Å². The molecule has 0 fully saturated rings. The topological polar surface area (TPSA) is 47.0 Å². The number of aromatic nitrogens is 2. The molecule has 0 aliphatic carbocycles. The predicted molar refractivity (Wildman–Crippen MR) is 73.4 cm³/mol. The Morgan fingerprint density at radius 3 is 3.00 bits per heavy atom. The molecule has 0 radical (unpaired) electrons. The van der Waals surface area contributed by atoms with Gasteiger partial charge in [-0.05, 0) is 18.7 Å². The van der Waals surface area contributed by atoms with Crippen molar-refractivity contribution in [2.24, 2.45) is 0 Å². The third-order valence-corrected chi connectivity index (χ3v) is 3.65. The smallest absolute Gasteiger partial charge is 0.125 e. The van der Waals surface area contributed by atoms with Crippen molar-refractivity contribution >= 4 is 11.3 Å². The van der Waals surface area contributed by atoms with Crippen LogP contribution in [0.5, 0.6) is 0 Å². The maximum absolute atomic E-state index is 5.20. The fraction of sp³-hybridized carbons (Fsp3) is 0.385. The van der Waals surface area contributed by atoms with Gasteiger partial charge in [-0.15, -0.1) is 11.3 Å². The fourth-order valence-electron chi connectivity index (χ4n) is 1.62. The Hall–Kier alpha value is -1.30. The maximum Gasteiger partial charge on any atom is 0.125 e. The van der Waals surface area contributed by atoms with Crippen molar-refractivity contribution in [3.05, 3.63) is 35.1 Å². The summed E-state index contributed by atoms with van der Waals surface area (Å²) in [5, 5.41) is 4.33. The molecule has 0 amide bonds. The van der Waals surface area contributed by atoms with Gasteiger partial charge in [0.05, 0.1) is 12.3 Å². The minimum absolute atomic E-state index is 0.553. The molecule has 5 heteroatoms. The fourth-order valence-corrected chi connectivity index (χ4v) is 2.65. The number of pyridine rings is 1. The molecule has 0 spiro atoms. The Bertz CT molecular complexity index is 484. The molecule has 2 heterocycles. The lowest BCUT2D eigenvalue weighted by Gasteiger charge is -2.00. The number of hydrogen-bond acceptors (Lipinski definition) is 5. The summed E-state index contributed by atoms with van der Waals surface area (Å²) in [4.78, 5) is 10.00. The molecule has 2 aromatic rings. The molecule has 2 rings (SSSR count). The summed E-state index contributed by atoms with van der Waals surface area (Å²) in [6.45, 7) is 4.44. The number of hydrogen-bond donors (Lipinski definition) is 1. The first kappa shape index (κ1) is 13.1. The quantitative estimate of drug-likeness (QED) is 0.869. The molecule has 0 atom stereocenters. The molecular formula is C13H17N3OS. The first-order chi connectivity index (χ1) is 8.85. The molecule has 2 aromatic heterocycles. The normalized spacial score (nSPS) is 10.8. The SMILES string of the molecule is CCNCc1sc(-c2cccnc2)nc1COC. The summed E-state index contributed by atoms with van der Waals surface area (Å²) in [7, 11) is 1.69. The highest BCUT2D eigenvalue weighted by molar-refractivity contribution is 7.15. The van der Waals surface area contributed by atoms with Gasteiger partial charge in [0.1, 0.15) is 5.01 Å². The van der Waals surface area contributed by atoms with Gasteiger partial charge in [0, 0.05) is 36.5 Å². The lowest BCUT2D eigenvalue weighted by Crippen LogP contribution is -2.12. The second-order valence-electron chi connectivity index (χ2n) is 3.84. The van der Waals surface area contributed by atoms with Gasteiger partial charge in [-0.3, -0.25) is 4.98 Å². The summed E-state index contributed by atoms with van der Waals surface area (Å²) in [5.41, 5.74) is 2.07. The minimum atomic E-state index is 0.553. The van der Waals surface area contributed by atoms with E-state index >= 15 is 0 Å². The van der Waals surface area contributed by atoms with Crippen LogP contribution in [0.15, 0.2) is 24.5 Å². The molecule has 4 nitrogen and oxygen atoms in total. The van der Waals surface area contributed by atoms with E-state index in [1.807, 2.05) is 18.3 Å². The van der Waals surface area contributed by atoms with Crippen LogP contribution in [0, 0.1) is 0 Å². The largest absolute Gasteiger partial charge is 0.378 e. The summed E-state index contributed by atoms with van der Waals surface area (Å²) >= 11 is 1.70. The Labute approximate surface area is 111 Å². The van der Waals surface area contributed by atoms with E-state index in [0.717, 1.165) is 29.4 Å². The first-order valence-electron chi connectivity index (χ1n) is 5.93. The highest BCUT2D eigenvalue weighted by atomic mass is 32.1. The van der Waals surface area contributed by atoms with Crippen LogP contribution in [0.4, 0.5) is 0 Å². The number of ether oxygens (including phenoxy) is 1. The lowest BCUT2D eigenvalue weighted by molar-refractivity contribution is 0.181. The molecule has 0 saturated carbocycles. The Kier molecular flexibility index (Phi) is 4.81. The second kappa shape index (κ2) is 6.58. The molecule has 0 saturated heterocycles. The summed E-state index contributed by atoms with van der Waals surface area (Å²) in [6.07, 6.45) is 3.61. The van der Waals surface area contributed by atoms with Gasteiger partial charge in [0.25, 0.3) is 0 Å². The molecule has 96 valence electrons. The van der Waals surface area contributed by atoms with Crippen molar-refractivity contribution in [3.8, 4) is 10.6 Å². The van der Waals surface area contributed by atoms with E-state index in [4.69, 9.17) is 4.74 Å². The van der Waals surface area contributed by atoms with Gasteiger partial charge in [-0.1, -0.05) is 6.92 Å². The van der Waals surface area contributed by atoms with Gasteiger partial charge in [0.15, 0.2) is 0 Å². The predicted octanol–water partition coefficient (Wildman–Crippen LogP) is 2.46. The average molecular weight is 263 g/mol. The third-order valence-electron chi connectivity index (χ3n) is 2.50. The zero-order valence-corrected chi connectivity index (χ0v) is 11.5. The maximum atomic E-state index is 5.20. The van der Waals surface area contributed by atoms with Crippen molar-refractivity contribution in [2.45, 2.75) is 20.1 Å². The van der Waals surface area contributed by atoms with Crippen molar-refractivity contribution in [1.29, 1.82) is 0 Å². The van der Waals surface area contributed by atoms with Crippen LogP contribution in [0.3, 0.4) is 0 Å². The van der Waals surface area contributed by atoms with Crippen LogP contribution in [-0.2, 0) is 17.9 Å². The van der Waals surface area contributed by atoms with Crippen molar-refractivity contribution in [3.63, 3.8) is 0 Å². The number of methoxy groups -OCH3 is 1. The number of rotatable bonds is 6. The second-order valence-corrected chi connectivity index (χ2v) is 4.93. The van der Waals surface area contributed by atoms with Gasteiger partial charge >= 0.3 is 0 Å². The van der Waals surface area contributed by atoms with Crippen molar-refractivity contribution in [2.75, 3.05) is 13.7 Å². The number of thiazole rings is 1. The number of nitrogens with zero attached hydrogens (tertiary/aromatic N) is 2. The highest BCUT2D eigenvalue weighted by Crippen LogP contribution is 2.27. The van der Waals surface area contributed by atoms with E-state index in [1.165, 1.54) is 4.88 Å². The summed E-state index contributed by atoms with van der Waals surface area (Å²) in [5.74, 6) is 0. The zero-order chi connectivity index (χ0) is 12.8. The zero-order valence-electron chi connectivity index (χ0n) is 10.6. The molecule has 1 N–H and O–H groups in total. The standard InChI is InChI=1S/C13H17N3OS/c1-3-14-8-12-11(9-17-2)16-13(18-12)10-5-4-6-15-7-10/h4-7,14H,3,8-9H2,1-2H3. The van der Waals surface area contributed by atoms with Crippen LogP contribution >= 0.6 is 11.3 Å². The van der Waals surface area contributed by atoms with Gasteiger partial charge in [0.2, 0.25) is 0 Å². The molecule has 0 unspecified atom stereocenters. The van der Waals surface area contributed by atoms with E-state index in [-0.39, 0.29) is 0 Å². The molecule has 0 aromatic carbocycles. The van der Waals surface area contributed by atoms with Crippen LogP contribution in [0.25, 0.3) is 10.6 Å². The Morgan fingerprint density at radius 2 is 2.33 bits per heavy atom. The molecule has 0 aliphatic rings. The summed E-state index contributed by atoms with van der Waals surface area (Å²) in [6, 6.07) is 3.95. The van der Waals surface area contributed by atoms with E-state index in [2.05, 4.69) is 22.2 Å². The van der Waals surface area contributed by atoms with Gasteiger partial charge in [-0.2, -0.15) is 0 Å². The van der Waals surface area contributed by atoms with E-state index < -0.39 is 0 Å². The monoisotopic (exact) mass is 263 g/mol. The molecule has 0 bridgehead atoms. The van der Waals surface area contributed by atoms with E-state index in [1.54, 1.807) is 24.6 Å². The Balaban J connectivity index is 2.27. The minimum Gasteiger partial charge on any atom is -0.378 e. The molecule has 0 aliphatic heterocycles. The van der Waals surface area contributed by atoms with Gasteiger partial charge < -0.3 is 10.1 Å². The third kappa shape index (κ3) is 3.13. The molecule has 18 heavy (non-hydrogen) atoms. The molecular weight excluding hydrogens is 246 g/mol. The van der Waals surface area contributed by atoms with Crippen molar-refractivity contribution in [1.82, 2.24) is 15.3 Å². The van der Waals surface area contributed by atoms with Crippen LogP contribution < -0.4 is 5.32 Å². The summed E-state index contributed by atoms with van der Waals surface area (Å²) < 4.78 is 5.20. The van der Waals surface area contributed by atoms with Crippen LogP contribution in [-0.4, -0.2) is 23.6 Å². The lowest BCUT2D eigenvalue weighted by atomic mass is 10.3. The highest BCUT2D eigenvalue weighted by Gasteiger charge is 2.12. The average Bonchev–Trinajstić information content (AvgIpc) is 2.81. The van der Waals surface area contributed by atoms with Gasteiger partial charge in [-0.25, -0.2) is 4.98 Å². The number of nitrogens with one attached hydrogen (secondary N) is 1. The Morgan fingerprint density at radius 1 is 1.44 bits per heavy atom. The van der Waals surface area contributed by atoms with E-state index in [0.29, 0.717) is 6.61 Å².